The van der Waals surface area contributed by atoms with Gasteiger partial charge in [-0.15, -0.1) is 0 Å². The van der Waals surface area contributed by atoms with Crippen LogP contribution in [0.25, 0.3) is 0 Å². The van der Waals surface area contributed by atoms with Crippen molar-refractivity contribution in [3.63, 3.8) is 0 Å². The standard InChI is InChI=1S/C15H17BrN2O5/c1-8-6-9(16)2-3-10(8)18-13(19)7-17-14(20)11-4-5-12(23-11)15(21)22/h2-3,6,11-12H,4-5,7H2,1H3,(H,17,20)(H,18,19)(H,21,22)/t11-,12+/m0/s1. The first-order valence-corrected chi connectivity index (χ1v) is 7.88. The number of rotatable bonds is 5. The lowest BCUT2D eigenvalue weighted by molar-refractivity contribution is -0.152. The fourth-order valence-corrected chi connectivity index (χ4v) is 2.73. The Morgan fingerprint density at radius 2 is 2.00 bits per heavy atom. The molecule has 1 aromatic rings. The molecule has 23 heavy (non-hydrogen) atoms. The molecule has 7 nitrogen and oxygen atoms in total. The Hall–Kier alpha value is -1.93. The van der Waals surface area contributed by atoms with Crippen LogP contribution in [0.5, 0.6) is 0 Å². The number of carboxylic acids is 1. The number of benzene rings is 1. The second-order valence-corrected chi connectivity index (χ2v) is 6.17. The summed E-state index contributed by atoms with van der Waals surface area (Å²) in [6.45, 7) is 1.66. The lowest BCUT2D eigenvalue weighted by atomic mass is 10.2. The summed E-state index contributed by atoms with van der Waals surface area (Å²) in [4.78, 5) is 34.5. The smallest absolute Gasteiger partial charge is 0.332 e. The fraction of sp³-hybridized carbons (Fsp3) is 0.400. The van der Waals surface area contributed by atoms with Crippen molar-refractivity contribution in [3.05, 3.63) is 28.2 Å². The van der Waals surface area contributed by atoms with E-state index in [2.05, 4.69) is 26.6 Å². The van der Waals surface area contributed by atoms with Crippen LogP contribution in [-0.2, 0) is 19.1 Å². The Morgan fingerprint density at radius 3 is 2.61 bits per heavy atom. The summed E-state index contributed by atoms with van der Waals surface area (Å²) >= 11 is 3.34. The summed E-state index contributed by atoms with van der Waals surface area (Å²) in [5.74, 6) is -1.92. The van der Waals surface area contributed by atoms with E-state index in [1.54, 1.807) is 12.1 Å². The van der Waals surface area contributed by atoms with Crippen LogP contribution in [-0.4, -0.2) is 41.6 Å². The monoisotopic (exact) mass is 384 g/mol. The fourth-order valence-electron chi connectivity index (χ4n) is 2.25. The zero-order chi connectivity index (χ0) is 17.0. The van der Waals surface area contributed by atoms with Crippen molar-refractivity contribution >= 4 is 39.4 Å². The van der Waals surface area contributed by atoms with Crippen LogP contribution in [0.3, 0.4) is 0 Å². The van der Waals surface area contributed by atoms with Gasteiger partial charge in [0.15, 0.2) is 6.10 Å². The minimum absolute atomic E-state index is 0.202. The van der Waals surface area contributed by atoms with Crippen LogP contribution in [0.2, 0.25) is 0 Å². The number of amides is 2. The molecular weight excluding hydrogens is 368 g/mol. The van der Waals surface area contributed by atoms with E-state index in [0.717, 1.165) is 10.0 Å². The van der Waals surface area contributed by atoms with Crippen molar-refractivity contribution < 1.29 is 24.2 Å². The average molecular weight is 385 g/mol. The number of hydrogen-bond donors (Lipinski definition) is 3. The maximum absolute atomic E-state index is 11.9. The molecule has 3 N–H and O–H groups in total. The molecule has 124 valence electrons. The van der Waals surface area contributed by atoms with Gasteiger partial charge in [-0.1, -0.05) is 15.9 Å². The second kappa shape index (κ2) is 7.56. The largest absolute Gasteiger partial charge is 0.479 e. The number of ether oxygens (including phenoxy) is 1. The van der Waals surface area contributed by atoms with Crippen LogP contribution in [0.4, 0.5) is 5.69 Å². The summed E-state index contributed by atoms with van der Waals surface area (Å²) in [7, 11) is 0. The van der Waals surface area contributed by atoms with Gasteiger partial charge in [-0.05, 0) is 43.5 Å². The summed E-state index contributed by atoms with van der Waals surface area (Å²) in [6.07, 6.45) is -1.16. The van der Waals surface area contributed by atoms with Crippen molar-refractivity contribution in [1.29, 1.82) is 0 Å². The van der Waals surface area contributed by atoms with Crippen molar-refractivity contribution in [2.24, 2.45) is 0 Å². The molecule has 0 spiro atoms. The normalized spacial score (nSPS) is 20.1. The number of aryl methyl sites for hydroxylation is 1. The molecule has 1 heterocycles. The molecule has 0 radical (unpaired) electrons. The van der Waals surface area contributed by atoms with Crippen LogP contribution in [0.15, 0.2) is 22.7 Å². The van der Waals surface area contributed by atoms with E-state index in [1.807, 2.05) is 13.0 Å². The first-order chi connectivity index (χ1) is 10.9. The van der Waals surface area contributed by atoms with Gasteiger partial charge in [-0.3, -0.25) is 9.59 Å². The van der Waals surface area contributed by atoms with E-state index >= 15 is 0 Å². The molecule has 8 heteroatoms. The highest BCUT2D eigenvalue weighted by Gasteiger charge is 2.34. The quantitative estimate of drug-likeness (QED) is 0.712. The Morgan fingerprint density at radius 1 is 1.30 bits per heavy atom. The molecule has 2 rings (SSSR count). The minimum Gasteiger partial charge on any atom is -0.479 e. The molecule has 2 amide bonds. The van der Waals surface area contributed by atoms with E-state index in [0.29, 0.717) is 12.1 Å². The molecule has 0 aromatic heterocycles. The number of carboxylic acid groups (broad SMARTS) is 1. The topological polar surface area (TPSA) is 105 Å². The number of anilines is 1. The zero-order valence-electron chi connectivity index (χ0n) is 12.5. The van der Waals surface area contributed by atoms with Gasteiger partial charge in [0.1, 0.15) is 6.10 Å². The van der Waals surface area contributed by atoms with Gasteiger partial charge in [-0.25, -0.2) is 4.79 Å². The van der Waals surface area contributed by atoms with E-state index < -0.39 is 24.1 Å². The number of carbonyl (C=O) groups excluding carboxylic acids is 2. The molecule has 1 aromatic carbocycles. The van der Waals surface area contributed by atoms with Crippen LogP contribution >= 0.6 is 15.9 Å². The van der Waals surface area contributed by atoms with Crippen LogP contribution < -0.4 is 10.6 Å². The van der Waals surface area contributed by atoms with E-state index in [-0.39, 0.29) is 18.9 Å². The van der Waals surface area contributed by atoms with Crippen LogP contribution in [0, 0.1) is 6.92 Å². The van der Waals surface area contributed by atoms with Gasteiger partial charge in [0, 0.05) is 10.2 Å². The number of hydrogen-bond acceptors (Lipinski definition) is 4. The predicted molar refractivity (Wildman–Crippen MR) is 86.0 cm³/mol. The number of carbonyl (C=O) groups is 3. The first-order valence-electron chi connectivity index (χ1n) is 7.09. The Bertz CT molecular complexity index is 634. The molecule has 0 aliphatic carbocycles. The SMILES string of the molecule is Cc1cc(Br)ccc1NC(=O)CNC(=O)[C@@H]1CC[C@H](C(=O)O)O1. The van der Waals surface area contributed by atoms with Crippen molar-refractivity contribution in [1.82, 2.24) is 5.32 Å². The number of aliphatic carboxylic acids is 1. The third-order valence-electron chi connectivity index (χ3n) is 3.47. The van der Waals surface area contributed by atoms with Gasteiger partial charge < -0.3 is 20.5 Å². The first kappa shape index (κ1) is 17.4. The second-order valence-electron chi connectivity index (χ2n) is 5.25. The Balaban J connectivity index is 1.80. The molecule has 0 bridgehead atoms. The highest BCUT2D eigenvalue weighted by molar-refractivity contribution is 9.10. The van der Waals surface area contributed by atoms with Gasteiger partial charge in [0.05, 0.1) is 6.54 Å². The van der Waals surface area contributed by atoms with Gasteiger partial charge >= 0.3 is 5.97 Å². The summed E-state index contributed by atoms with van der Waals surface area (Å²) in [6, 6.07) is 5.43. The average Bonchev–Trinajstić information content (AvgIpc) is 2.98. The highest BCUT2D eigenvalue weighted by Crippen LogP contribution is 2.21. The molecule has 1 aliphatic rings. The highest BCUT2D eigenvalue weighted by atomic mass is 79.9. The molecule has 0 unspecified atom stereocenters. The lowest BCUT2D eigenvalue weighted by Gasteiger charge is -2.12. The molecule has 0 saturated carbocycles. The van der Waals surface area contributed by atoms with Crippen LogP contribution in [0.1, 0.15) is 18.4 Å². The summed E-state index contributed by atoms with van der Waals surface area (Å²) in [5.41, 5.74) is 1.55. The Kier molecular flexibility index (Phi) is 5.73. The number of halogens is 1. The van der Waals surface area contributed by atoms with Gasteiger partial charge in [0.2, 0.25) is 11.8 Å². The third kappa shape index (κ3) is 4.77. The van der Waals surface area contributed by atoms with Crippen molar-refractivity contribution in [3.8, 4) is 0 Å². The molecule has 2 atom stereocenters. The third-order valence-corrected chi connectivity index (χ3v) is 3.97. The molecule has 1 aliphatic heterocycles. The molecule has 1 fully saturated rings. The molecular formula is C15H17BrN2O5. The lowest BCUT2D eigenvalue weighted by Crippen LogP contribution is -2.39. The molecule has 1 saturated heterocycles. The van der Waals surface area contributed by atoms with Crippen molar-refractivity contribution in [2.75, 3.05) is 11.9 Å². The van der Waals surface area contributed by atoms with E-state index in [4.69, 9.17) is 9.84 Å². The van der Waals surface area contributed by atoms with E-state index in [1.165, 1.54) is 0 Å². The predicted octanol–water partition coefficient (Wildman–Crippen LogP) is 1.44. The minimum atomic E-state index is -1.08. The maximum atomic E-state index is 11.9. The summed E-state index contributed by atoms with van der Waals surface area (Å²) < 4.78 is 6.03. The van der Waals surface area contributed by atoms with Gasteiger partial charge in [-0.2, -0.15) is 0 Å². The summed E-state index contributed by atoms with van der Waals surface area (Å²) in [5, 5.41) is 14.0. The van der Waals surface area contributed by atoms with E-state index in [9.17, 15) is 14.4 Å². The zero-order valence-corrected chi connectivity index (χ0v) is 14.1. The van der Waals surface area contributed by atoms with Crippen molar-refractivity contribution in [2.45, 2.75) is 32.0 Å². The Labute approximate surface area is 141 Å². The number of nitrogens with one attached hydrogen (secondary N) is 2. The van der Waals surface area contributed by atoms with Gasteiger partial charge in [0.25, 0.3) is 0 Å². The maximum Gasteiger partial charge on any atom is 0.332 e.